The number of pyridine rings is 1. The van der Waals surface area contributed by atoms with Crippen LogP contribution in [0.5, 0.6) is 5.88 Å². The van der Waals surface area contributed by atoms with Gasteiger partial charge in [-0.15, -0.1) is 11.6 Å². The maximum absolute atomic E-state index is 6.15. The second kappa shape index (κ2) is 5.58. The summed E-state index contributed by atoms with van der Waals surface area (Å²) < 4.78 is 5.15. The van der Waals surface area contributed by atoms with Gasteiger partial charge in [0, 0.05) is 36.4 Å². The lowest BCUT2D eigenvalue weighted by Crippen LogP contribution is -2.35. The van der Waals surface area contributed by atoms with E-state index < -0.39 is 0 Å². The first-order valence-corrected chi connectivity index (χ1v) is 6.53. The molecule has 3 nitrogen and oxygen atoms in total. The van der Waals surface area contributed by atoms with Crippen LogP contribution in [-0.2, 0) is 0 Å². The lowest BCUT2D eigenvalue weighted by Gasteiger charge is -2.34. The fourth-order valence-corrected chi connectivity index (χ4v) is 2.58. The third kappa shape index (κ3) is 3.03. The number of alkyl halides is 1. The zero-order valence-corrected chi connectivity index (χ0v) is 11.2. The summed E-state index contributed by atoms with van der Waals surface area (Å²) in [6.07, 6.45) is 4.12. The van der Waals surface area contributed by atoms with Gasteiger partial charge in [0.25, 0.3) is 0 Å². The molecule has 0 aliphatic carbocycles. The molecule has 1 aromatic rings. The van der Waals surface area contributed by atoms with Crippen LogP contribution in [0.3, 0.4) is 0 Å². The van der Waals surface area contributed by atoms with E-state index in [-0.39, 0.29) is 5.38 Å². The van der Waals surface area contributed by atoms with E-state index >= 15 is 0 Å². The van der Waals surface area contributed by atoms with Gasteiger partial charge in [0.2, 0.25) is 5.88 Å². The van der Waals surface area contributed by atoms with Gasteiger partial charge >= 0.3 is 0 Å². The number of halogens is 1. The third-order valence-corrected chi connectivity index (χ3v) is 3.84. The Morgan fingerprint density at radius 3 is 2.76 bits per heavy atom. The molecule has 0 N–H and O–H groups in total. The summed E-state index contributed by atoms with van der Waals surface area (Å²) in [4.78, 5) is 6.50. The molecule has 94 valence electrons. The molecule has 0 spiro atoms. The van der Waals surface area contributed by atoms with Crippen LogP contribution in [-0.4, -0.2) is 30.6 Å². The molecule has 0 radical (unpaired) electrons. The number of methoxy groups -OCH3 is 1. The highest BCUT2D eigenvalue weighted by Crippen LogP contribution is 2.28. The van der Waals surface area contributed by atoms with Gasteiger partial charge in [-0.05, 0) is 31.7 Å². The normalized spacial score (nSPS) is 19.1. The first-order chi connectivity index (χ1) is 8.20. The Kier molecular flexibility index (Phi) is 4.11. The van der Waals surface area contributed by atoms with E-state index in [0.29, 0.717) is 11.8 Å². The van der Waals surface area contributed by atoms with E-state index in [9.17, 15) is 0 Å². The van der Waals surface area contributed by atoms with Crippen molar-refractivity contribution in [3.05, 3.63) is 18.3 Å². The van der Waals surface area contributed by atoms with Crippen molar-refractivity contribution in [2.45, 2.75) is 25.1 Å². The zero-order chi connectivity index (χ0) is 12.3. The minimum absolute atomic E-state index is 0.282. The Balaban J connectivity index is 2.00. The number of aromatic nitrogens is 1. The van der Waals surface area contributed by atoms with E-state index in [4.69, 9.17) is 16.3 Å². The van der Waals surface area contributed by atoms with Crippen LogP contribution in [0.4, 0.5) is 5.69 Å². The van der Waals surface area contributed by atoms with Crippen LogP contribution < -0.4 is 9.64 Å². The Morgan fingerprint density at radius 1 is 1.47 bits per heavy atom. The third-order valence-electron chi connectivity index (χ3n) is 3.48. The summed E-state index contributed by atoms with van der Waals surface area (Å²) in [6, 6.07) is 4.03. The van der Waals surface area contributed by atoms with E-state index in [1.807, 2.05) is 12.1 Å². The summed E-state index contributed by atoms with van der Waals surface area (Å²) in [5.74, 6) is 1.33. The molecule has 4 heteroatoms. The summed E-state index contributed by atoms with van der Waals surface area (Å²) in [7, 11) is 1.65. The van der Waals surface area contributed by atoms with Gasteiger partial charge in [0.05, 0.1) is 7.11 Å². The van der Waals surface area contributed by atoms with Crippen LogP contribution in [0.2, 0.25) is 0 Å². The number of ether oxygens (including phenoxy) is 1. The molecule has 17 heavy (non-hydrogen) atoms. The molecule has 1 saturated heterocycles. The molecular weight excluding hydrogens is 236 g/mol. The van der Waals surface area contributed by atoms with E-state index in [1.165, 1.54) is 5.69 Å². The zero-order valence-electron chi connectivity index (χ0n) is 10.4. The molecule has 1 atom stereocenters. The van der Waals surface area contributed by atoms with E-state index in [0.717, 1.165) is 25.9 Å². The second-order valence-electron chi connectivity index (χ2n) is 4.56. The molecule has 0 bridgehead atoms. The Hall–Kier alpha value is -0.960. The topological polar surface area (TPSA) is 25.4 Å². The predicted octanol–water partition coefficient (Wildman–Crippen LogP) is 2.93. The lowest BCUT2D eigenvalue weighted by atomic mass is 9.94. The maximum Gasteiger partial charge on any atom is 0.214 e. The van der Waals surface area contributed by atoms with Gasteiger partial charge in [-0.2, -0.15) is 0 Å². The van der Waals surface area contributed by atoms with Gasteiger partial charge < -0.3 is 9.64 Å². The van der Waals surface area contributed by atoms with Gasteiger partial charge in [-0.1, -0.05) is 0 Å². The SMILES string of the molecule is COc1cc(N2CCC(C(C)Cl)CC2)ccn1. The minimum atomic E-state index is 0.282. The molecule has 1 fully saturated rings. The number of piperidine rings is 1. The van der Waals surface area contributed by atoms with E-state index in [2.05, 4.69) is 16.8 Å². The van der Waals surface area contributed by atoms with Crippen molar-refractivity contribution in [2.24, 2.45) is 5.92 Å². The van der Waals surface area contributed by atoms with Crippen LogP contribution in [0.1, 0.15) is 19.8 Å². The monoisotopic (exact) mass is 254 g/mol. The summed E-state index contributed by atoms with van der Waals surface area (Å²) in [5, 5.41) is 0.282. The van der Waals surface area contributed by atoms with Gasteiger partial charge in [-0.25, -0.2) is 4.98 Å². The molecule has 1 aromatic heterocycles. The molecular formula is C13H19ClN2O. The average molecular weight is 255 g/mol. The largest absolute Gasteiger partial charge is 0.481 e. The molecule has 0 saturated carbocycles. The average Bonchev–Trinajstić information content (AvgIpc) is 2.39. The van der Waals surface area contributed by atoms with Gasteiger partial charge in [0.15, 0.2) is 0 Å². The van der Waals surface area contributed by atoms with Crippen LogP contribution in [0.15, 0.2) is 18.3 Å². The first kappa shape index (κ1) is 12.5. The first-order valence-electron chi connectivity index (χ1n) is 6.09. The molecule has 0 aromatic carbocycles. The molecule has 2 rings (SSSR count). The predicted molar refractivity (Wildman–Crippen MR) is 71.0 cm³/mol. The molecule has 1 aliphatic rings. The van der Waals surface area contributed by atoms with E-state index in [1.54, 1.807) is 13.3 Å². The number of nitrogens with zero attached hydrogens (tertiary/aromatic N) is 2. The maximum atomic E-state index is 6.15. The lowest BCUT2D eigenvalue weighted by molar-refractivity contribution is 0.392. The molecule has 1 unspecified atom stereocenters. The highest BCUT2D eigenvalue weighted by atomic mass is 35.5. The van der Waals surface area contributed by atoms with Crippen molar-refractivity contribution in [1.82, 2.24) is 4.98 Å². The second-order valence-corrected chi connectivity index (χ2v) is 5.25. The smallest absolute Gasteiger partial charge is 0.214 e. The van der Waals surface area contributed by atoms with Crippen molar-refractivity contribution in [1.29, 1.82) is 0 Å². The Labute approximate surface area is 108 Å². The highest BCUT2D eigenvalue weighted by Gasteiger charge is 2.22. The summed E-state index contributed by atoms with van der Waals surface area (Å²) >= 11 is 6.15. The number of hydrogen-bond acceptors (Lipinski definition) is 3. The van der Waals surface area contributed by atoms with Crippen molar-refractivity contribution in [3.63, 3.8) is 0 Å². The fraction of sp³-hybridized carbons (Fsp3) is 0.615. The number of rotatable bonds is 3. The highest BCUT2D eigenvalue weighted by molar-refractivity contribution is 6.20. The molecule has 2 heterocycles. The van der Waals surface area contributed by atoms with Crippen LogP contribution in [0.25, 0.3) is 0 Å². The molecule has 0 amide bonds. The summed E-state index contributed by atoms with van der Waals surface area (Å²) in [5.41, 5.74) is 1.19. The van der Waals surface area contributed by atoms with Crippen LogP contribution >= 0.6 is 11.6 Å². The standard InChI is InChI=1S/C13H19ClN2O/c1-10(14)11-4-7-16(8-5-11)12-3-6-15-13(9-12)17-2/h3,6,9-11H,4-5,7-8H2,1-2H3. The fourth-order valence-electron chi connectivity index (χ4n) is 2.32. The summed E-state index contributed by atoms with van der Waals surface area (Å²) in [6.45, 7) is 4.22. The number of hydrogen-bond donors (Lipinski definition) is 0. The quantitative estimate of drug-likeness (QED) is 0.776. The Morgan fingerprint density at radius 2 is 2.18 bits per heavy atom. The van der Waals surface area contributed by atoms with Crippen molar-refractivity contribution in [2.75, 3.05) is 25.1 Å². The van der Waals surface area contributed by atoms with Gasteiger partial charge in [-0.3, -0.25) is 0 Å². The van der Waals surface area contributed by atoms with Crippen LogP contribution in [0, 0.1) is 5.92 Å². The van der Waals surface area contributed by atoms with Crippen molar-refractivity contribution in [3.8, 4) is 5.88 Å². The molecule has 1 aliphatic heterocycles. The Bertz CT molecular complexity index is 362. The van der Waals surface area contributed by atoms with Gasteiger partial charge in [0.1, 0.15) is 0 Å². The number of anilines is 1. The van der Waals surface area contributed by atoms with Crippen molar-refractivity contribution >= 4 is 17.3 Å². The minimum Gasteiger partial charge on any atom is -0.481 e. The van der Waals surface area contributed by atoms with Crippen molar-refractivity contribution < 1.29 is 4.74 Å².